The second kappa shape index (κ2) is 8.78. The molecule has 3 N–H and O–H groups in total. The molecule has 0 bridgehead atoms. The van der Waals surface area contributed by atoms with Crippen molar-refractivity contribution in [1.82, 2.24) is 10.3 Å². The van der Waals surface area contributed by atoms with Gasteiger partial charge in [0.15, 0.2) is 0 Å². The Labute approximate surface area is 184 Å². The smallest absolute Gasteiger partial charge is 0.263 e. The summed E-state index contributed by atoms with van der Waals surface area (Å²) >= 11 is 1.23. The summed E-state index contributed by atoms with van der Waals surface area (Å²) in [5.74, 6) is -0.749. The molecule has 0 spiro atoms. The predicted octanol–water partition coefficient (Wildman–Crippen LogP) is 4.67. The molecule has 0 aliphatic carbocycles. The fourth-order valence-corrected chi connectivity index (χ4v) is 5.12. The number of carbonyl (C=O) groups is 1. The minimum atomic E-state index is -0.454. The van der Waals surface area contributed by atoms with Gasteiger partial charge in [0.2, 0.25) is 0 Å². The summed E-state index contributed by atoms with van der Waals surface area (Å²) in [6, 6.07) is 6.22. The Morgan fingerprint density at radius 2 is 2.13 bits per heavy atom. The minimum Gasteiger partial charge on any atom is -0.397 e. The molecule has 31 heavy (non-hydrogen) atoms. The van der Waals surface area contributed by atoms with E-state index in [1.807, 2.05) is 24.0 Å². The van der Waals surface area contributed by atoms with Gasteiger partial charge in [0.25, 0.3) is 5.91 Å². The molecule has 1 fully saturated rings. The highest BCUT2D eigenvalue weighted by atomic mass is 32.1. The number of aromatic nitrogens is 1. The zero-order chi connectivity index (χ0) is 22.1. The summed E-state index contributed by atoms with van der Waals surface area (Å²) in [6.45, 7) is 5.64. The topological polar surface area (TPSA) is 71.2 Å². The van der Waals surface area contributed by atoms with Gasteiger partial charge in [-0.1, -0.05) is 6.92 Å². The number of halogens is 2. The van der Waals surface area contributed by atoms with E-state index >= 15 is 0 Å². The van der Waals surface area contributed by atoms with E-state index in [0.29, 0.717) is 27.0 Å². The van der Waals surface area contributed by atoms with Crippen molar-refractivity contribution in [3.05, 3.63) is 52.0 Å². The second-order valence-corrected chi connectivity index (χ2v) is 9.24. The second-order valence-electron chi connectivity index (χ2n) is 8.24. The lowest BCUT2D eigenvalue weighted by Crippen LogP contribution is -2.35. The molecule has 0 saturated carbocycles. The maximum atomic E-state index is 14.7. The fourth-order valence-electron chi connectivity index (χ4n) is 4.07. The molecule has 4 rings (SSSR count). The van der Waals surface area contributed by atoms with E-state index in [-0.39, 0.29) is 24.4 Å². The van der Waals surface area contributed by atoms with Crippen LogP contribution in [0.25, 0.3) is 10.2 Å². The number of amides is 1. The number of anilines is 2. The molecular formula is C23H26F2N4OS. The molecule has 8 heteroatoms. The van der Waals surface area contributed by atoms with Gasteiger partial charge in [0.05, 0.1) is 11.4 Å². The number of hydrogen-bond acceptors (Lipinski definition) is 5. The quantitative estimate of drug-likeness (QED) is 0.600. The molecule has 1 aliphatic heterocycles. The van der Waals surface area contributed by atoms with Crippen LogP contribution in [-0.2, 0) is 6.42 Å². The summed E-state index contributed by atoms with van der Waals surface area (Å²) in [5, 5.41) is 3.51. The average Bonchev–Trinajstić information content (AvgIpc) is 3.06. The first kappa shape index (κ1) is 21.5. The number of nitrogens with two attached hydrogens (primary N) is 1. The van der Waals surface area contributed by atoms with Gasteiger partial charge in [0, 0.05) is 36.8 Å². The van der Waals surface area contributed by atoms with Crippen LogP contribution in [-0.4, -0.2) is 30.5 Å². The van der Waals surface area contributed by atoms with Crippen LogP contribution in [0.5, 0.6) is 0 Å². The summed E-state index contributed by atoms with van der Waals surface area (Å²) in [7, 11) is 0. The molecule has 3 aromatic rings. The Kier molecular flexibility index (Phi) is 6.09. The highest BCUT2D eigenvalue weighted by Gasteiger charge is 2.21. The fraction of sp³-hybridized carbons (Fsp3) is 0.391. The lowest BCUT2D eigenvalue weighted by Gasteiger charge is -2.33. The first-order valence-electron chi connectivity index (χ1n) is 10.5. The van der Waals surface area contributed by atoms with Crippen LogP contribution < -0.4 is 16.0 Å². The largest absolute Gasteiger partial charge is 0.397 e. The number of hydrogen-bond donors (Lipinski definition) is 2. The van der Waals surface area contributed by atoms with E-state index in [0.717, 1.165) is 37.0 Å². The standard InChI is InChI=1S/C23H26F2N4OS/c1-13-4-3-9-29(12-13)19-11-17(24)15(10-18(19)25)7-8-27-22(30)21-20(26)16-6-5-14(2)28-23(16)31-21/h5-6,10-11,13H,3-4,7-9,12,26H2,1-2H3,(H,27,30)/t13-/m1/s1. The van der Waals surface area contributed by atoms with Crippen molar-refractivity contribution < 1.29 is 13.6 Å². The highest BCUT2D eigenvalue weighted by Crippen LogP contribution is 2.32. The number of thiophene rings is 1. The number of benzene rings is 1. The van der Waals surface area contributed by atoms with Crippen molar-refractivity contribution in [1.29, 1.82) is 0 Å². The molecule has 0 unspecified atom stereocenters. The molecule has 2 aromatic heterocycles. The molecule has 164 valence electrons. The number of nitrogens with one attached hydrogen (secondary N) is 1. The maximum absolute atomic E-state index is 14.7. The van der Waals surface area contributed by atoms with Crippen molar-refractivity contribution in [3.63, 3.8) is 0 Å². The SMILES string of the molecule is Cc1ccc2c(N)c(C(=O)NCCc3cc(F)c(N4CCC[C@@H](C)C4)cc3F)sc2n1. The molecular weight excluding hydrogens is 418 g/mol. The van der Waals surface area contributed by atoms with Crippen LogP contribution in [0.15, 0.2) is 24.3 Å². The number of piperidine rings is 1. The van der Waals surface area contributed by atoms with Crippen molar-refractivity contribution in [2.24, 2.45) is 5.92 Å². The van der Waals surface area contributed by atoms with Crippen molar-refractivity contribution >= 4 is 38.8 Å². The first-order valence-corrected chi connectivity index (χ1v) is 11.3. The van der Waals surface area contributed by atoms with Crippen LogP contribution in [0, 0.1) is 24.5 Å². The van der Waals surface area contributed by atoms with Gasteiger partial charge in [-0.15, -0.1) is 11.3 Å². The number of aryl methyl sites for hydroxylation is 1. The van der Waals surface area contributed by atoms with Crippen molar-refractivity contribution in [2.45, 2.75) is 33.1 Å². The summed E-state index contributed by atoms with van der Waals surface area (Å²) < 4.78 is 29.3. The minimum absolute atomic E-state index is 0.176. The average molecular weight is 445 g/mol. The molecule has 1 aliphatic rings. The first-order chi connectivity index (χ1) is 14.8. The van der Waals surface area contributed by atoms with Crippen LogP contribution >= 0.6 is 11.3 Å². The van der Waals surface area contributed by atoms with Crippen LogP contribution in [0.2, 0.25) is 0 Å². The van der Waals surface area contributed by atoms with Gasteiger partial charge < -0.3 is 16.0 Å². The molecule has 1 aromatic carbocycles. The van der Waals surface area contributed by atoms with Gasteiger partial charge in [-0.25, -0.2) is 13.8 Å². The van der Waals surface area contributed by atoms with Crippen molar-refractivity contribution in [3.8, 4) is 0 Å². The van der Waals surface area contributed by atoms with Crippen LogP contribution in [0.3, 0.4) is 0 Å². The van der Waals surface area contributed by atoms with Gasteiger partial charge in [-0.05, 0) is 55.9 Å². The van der Waals surface area contributed by atoms with Crippen molar-refractivity contribution in [2.75, 3.05) is 30.3 Å². The summed E-state index contributed by atoms with van der Waals surface area (Å²) in [6.07, 6.45) is 2.28. The van der Waals surface area contributed by atoms with Gasteiger partial charge >= 0.3 is 0 Å². The Morgan fingerprint density at radius 1 is 1.32 bits per heavy atom. The Morgan fingerprint density at radius 3 is 2.90 bits per heavy atom. The Bertz CT molecular complexity index is 1130. The molecule has 1 saturated heterocycles. The molecule has 5 nitrogen and oxygen atoms in total. The number of fused-ring (bicyclic) bond motifs is 1. The van der Waals surface area contributed by atoms with Gasteiger partial charge in [0.1, 0.15) is 21.3 Å². The Hall–Kier alpha value is -2.74. The monoisotopic (exact) mass is 444 g/mol. The number of pyridine rings is 1. The highest BCUT2D eigenvalue weighted by molar-refractivity contribution is 7.21. The number of nitrogens with zero attached hydrogens (tertiary/aromatic N) is 2. The lowest BCUT2D eigenvalue weighted by molar-refractivity contribution is 0.0959. The predicted molar refractivity (Wildman–Crippen MR) is 122 cm³/mol. The maximum Gasteiger partial charge on any atom is 0.263 e. The normalized spacial score (nSPS) is 16.6. The number of rotatable bonds is 5. The zero-order valence-electron chi connectivity index (χ0n) is 17.7. The molecule has 1 atom stereocenters. The van der Waals surface area contributed by atoms with E-state index in [9.17, 15) is 13.6 Å². The number of nitrogen functional groups attached to an aromatic ring is 1. The Balaban J connectivity index is 1.42. The van der Waals surface area contributed by atoms with Gasteiger partial charge in [-0.3, -0.25) is 4.79 Å². The van der Waals surface area contributed by atoms with E-state index in [2.05, 4.69) is 17.2 Å². The molecule has 3 heterocycles. The third kappa shape index (κ3) is 4.49. The molecule has 0 radical (unpaired) electrons. The third-order valence-corrected chi connectivity index (χ3v) is 6.85. The van der Waals surface area contributed by atoms with Crippen LogP contribution in [0.4, 0.5) is 20.2 Å². The van der Waals surface area contributed by atoms with E-state index in [1.165, 1.54) is 23.5 Å². The number of carbonyl (C=O) groups excluding carboxylic acids is 1. The summed E-state index contributed by atoms with van der Waals surface area (Å²) in [4.78, 5) is 20.0. The van der Waals surface area contributed by atoms with E-state index < -0.39 is 11.6 Å². The van der Waals surface area contributed by atoms with Gasteiger partial charge in [-0.2, -0.15) is 0 Å². The van der Waals surface area contributed by atoms with E-state index in [1.54, 1.807) is 0 Å². The zero-order valence-corrected chi connectivity index (χ0v) is 18.5. The van der Waals surface area contributed by atoms with E-state index in [4.69, 9.17) is 5.73 Å². The van der Waals surface area contributed by atoms with Crippen LogP contribution in [0.1, 0.15) is 40.7 Å². The lowest BCUT2D eigenvalue weighted by atomic mass is 9.99. The molecule has 1 amide bonds. The third-order valence-electron chi connectivity index (χ3n) is 5.73. The summed E-state index contributed by atoms with van der Waals surface area (Å²) in [5.41, 5.74) is 7.91.